The van der Waals surface area contributed by atoms with Gasteiger partial charge in [0.1, 0.15) is 16.9 Å². The van der Waals surface area contributed by atoms with Crippen LogP contribution in [0.2, 0.25) is 0 Å². The van der Waals surface area contributed by atoms with Crippen LogP contribution in [-0.2, 0) is 16.2 Å². The molecule has 0 unspecified atom stereocenters. The van der Waals surface area contributed by atoms with Gasteiger partial charge in [0.2, 0.25) is 0 Å². The molecule has 0 aliphatic carbocycles. The molecule has 0 N–H and O–H groups in total. The van der Waals surface area contributed by atoms with Gasteiger partial charge in [0, 0.05) is 33.4 Å². The summed E-state index contributed by atoms with van der Waals surface area (Å²) in [4.78, 5) is 5.14. The summed E-state index contributed by atoms with van der Waals surface area (Å²) in [6, 6.07) is 38.8. The van der Waals surface area contributed by atoms with Crippen molar-refractivity contribution in [3.63, 3.8) is 0 Å². The molecule has 8 aromatic rings. The highest BCUT2D eigenvalue weighted by Gasteiger charge is 2.48. The smallest absolute Gasteiger partial charge is 0.297 e. The van der Waals surface area contributed by atoms with Gasteiger partial charge in [-0.15, -0.1) is 0 Å². The first kappa shape index (κ1) is 40.2. The van der Waals surface area contributed by atoms with Crippen LogP contribution in [0, 0.1) is 34.6 Å². The van der Waals surface area contributed by atoms with Crippen LogP contribution in [0.1, 0.15) is 107 Å². The molecule has 4 nitrogen and oxygen atoms in total. The van der Waals surface area contributed by atoms with Crippen LogP contribution in [-0.4, -0.2) is 6.71 Å². The van der Waals surface area contributed by atoms with E-state index >= 15 is 0 Å². The van der Waals surface area contributed by atoms with Crippen LogP contribution in [0.3, 0.4) is 0 Å². The highest BCUT2D eigenvalue weighted by molar-refractivity contribution is 7.00. The lowest BCUT2D eigenvalue weighted by atomic mass is 9.35. The molecule has 0 saturated carbocycles. The number of furan rings is 2. The summed E-state index contributed by atoms with van der Waals surface area (Å²) in [5.74, 6) is 0.886. The molecule has 4 heterocycles. The Labute approximate surface area is 368 Å². The van der Waals surface area contributed by atoms with Crippen molar-refractivity contribution in [1.29, 1.82) is 0 Å². The summed E-state index contributed by atoms with van der Waals surface area (Å²) in [7, 11) is 0. The van der Waals surface area contributed by atoms with E-state index in [0.29, 0.717) is 0 Å². The summed E-state index contributed by atoms with van der Waals surface area (Å²) in [6.07, 6.45) is 0. The van der Waals surface area contributed by atoms with E-state index in [4.69, 9.17) is 8.83 Å². The molecule has 0 radical (unpaired) electrons. The van der Waals surface area contributed by atoms with Gasteiger partial charge in [-0.2, -0.15) is 0 Å². The number of benzene rings is 6. The van der Waals surface area contributed by atoms with Gasteiger partial charge >= 0.3 is 0 Å². The molecule has 2 aliphatic heterocycles. The zero-order valence-electron chi connectivity index (χ0n) is 39.1. The molecule has 2 aromatic heterocycles. The lowest BCUT2D eigenvalue weighted by Crippen LogP contribution is -2.61. The summed E-state index contributed by atoms with van der Waals surface area (Å²) >= 11 is 0. The SMILES string of the molecule is Cc1cc2c3c(c1)N(c1c(C)cc(C(C)(C)C)cc1C)c1c(oc4ccc(C(C)(C)C)cc14)B3c1cc(C(C)(C)C)ccc1N2c1c(C)cc(-c2cc3ccccc3o2)cc1C. The molecule has 0 atom stereocenters. The van der Waals surface area contributed by atoms with E-state index in [0.717, 1.165) is 44.6 Å². The van der Waals surface area contributed by atoms with Crippen molar-refractivity contribution in [3.05, 3.63) is 148 Å². The fourth-order valence-corrected chi connectivity index (χ4v) is 10.3. The van der Waals surface area contributed by atoms with Gasteiger partial charge in [-0.05, 0) is 161 Å². The summed E-state index contributed by atoms with van der Waals surface area (Å²) < 4.78 is 13.8. The number of rotatable bonds is 3. The molecule has 0 fully saturated rings. The second kappa shape index (κ2) is 13.5. The average Bonchev–Trinajstić information content (AvgIpc) is 3.79. The molecule has 2 aliphatic rings. The summed E-state index contributed by atoms with van der Waals surface area (Å²) in [5, 5.41) is 2.27. The molecule has 312 valence electrons. The zero-order chi connectivity index (χ0) is 43.9. The monoisotopic (exact) mass is 814 g/mol. The quantitative estimate of drug-likeness (QED) is 0.166. The predicted molar refractivity (Wildman–Crippen MR) is 265 cm³/mol. The highest BCUT2D eigenvalue weighted by Crippen LogP contribution is 2.51. The Kier molecular flexibility index (Phi) is 8.76. The molecule has 0 bridgehead atoms. The van der Waals surface area contributed by atoms with Gasteiger partial charge in [0.05, 0.1) is 22.7 Å². The molecule has 10 rings (SSSR count). The van der Waals surface area contributed by atoms with E-state index in [1.165, 1.54) is 83.9 Å². The van der Waals surface area contributed by atoms with Gasteiger partial charge in [0.15, 0.2) is 0 Å². The van der Waals surface area contributed by atoms with Crippen molar-refractivity contribution in [2.75, 3.05) is 9.80 Å². The van der Waals surface area contributed by atoms with Crippen LogP contribution in [0.5, 0.6) is 0 Å². The van der Waals surface area contributed by atoms with Crippen molar-refractivity contribution in [1.82, 2.24) is 0 Å². The molecule has 0 amide bonds. The minimum absolute atomic E-state index is 0.0172. The standard InChI is InChI=1S/C57H59BN2O2/c1-32-23-45-50-46(24-32)60(52-35(4)27-41(28-36(52)5)57(12,13)14)53-42-30-39(55(6,7)8)20-22-48(42)62-54(53)58(50)43-31-40(56(9,10)11)19-21-44(43)59(45)51-33(2)25-38(26-34(51)3)49-29-37-17-15-16-18-47(37)61-49/h15-31H,1-14H3. The third-order valence-corrected chi connectivity index (χ3v) is 13.5. The maximum absolute atomic E-state index is 7.34. The van der Waals surface area contributed by atoms with E-state index in [9.17, 15) is 0 Å². The second-order valence-corrected chi connectivity index (χ2v) is 21.4. The van der Waals surface area contributed by atoms with E-state index in [1.54, 1.807) is 0 Å². The third-order valence-electron chi connectivity index (χ3n) is 13.5. The fraction of sp³-hybridized carbons (Fsp3) is 0.298. The van der Waals surface area contributed by atoms with Gasteiger partial charge in [-0.1, -0.05) is 111 Å². The molecule has 0 saturated heterocycles. The Morgan fingerprint density at radius 3 is 1.66 bits per heavy atom. The first-order valence-corrected chi connectivity index (χ1v) is 22.4. The number of nitrogens with zero attached hydrogens (tertiary/aromatic N) is 2. The Morgan fingerprint density at radius 1 is 0.468 bits per heavy atom. The first-order valence-electron chi connectivity index (χ1n) is 22.4. The number of para-hydroxylation sites is 1. The summed E-state index contributed by atoms with van der Waals surface area (Å²) in [6.45, 7) is 32.0. The molecule has 6 aromatic carbocycles. The van der Waals surface area contributed by atoms with Crippen molar-refractivity contribution in [2.45, 2.75) is 113 Å². The third kappa shape index (κ3) is 6.17. The Hall–Kier alpha value is -5.94. The maximum Gasteiger partial charge on any atom is 0.297 e. The number of aryl methyl sites for hydroxylation is 5. The first-order chi connectivity index (χ1) is 29.2. The van der Waals surface area contributed by atoms with Gasteiger partial charge in [0.25, 0.3) is 6.71 Å². The van der Waals surface area contributed by atoms with Crippen molar-refractivity contribution < 1.29 is 8.83 Å². The normalized spacial score (nSPS) is 13.9. The lowest BCUT2D eigenvalue weighted by Gasteiger charge is -2.44. The largest absolute Gasteiger partial charge is 0.468 e. The number of hydrogen-bond donors (Lipinski definition) is 0. The molecule has 5 heteroatoms. The maximum atomic E-state index is 7.34. The minimum atomic E-state index is -0.129. The number of fused-ring (bicyclic) bond motifs is 7. The van der Waals surface area contributed by atoms with Crippen molar-refractivity contribution in [2.24, 2.45) is 0 Å². The van der Waals surface area contributed by atoms with Gasteiger partial charge < -0.3 is 18.6 Å². The minimum Gasteiger partial charge on any atom is -0.468 e. The molecule has 62 heavy (non-hydrogen) atoms. The number of anilines is 6. The fourth-order valence-electron chi connectivity index (χ4n) is 10.3. The average molecular weight is 815 g/mol. The van der Waals surface area contributed by atoms with E-state index in [2.05, 4.69) is 198 Å². The van der Waals surface area contributed by atoms with Crippen molar-refractivity contribution in [3.8, 4) is 11.3 Å². The second-order valence-electron chi connectivity index (χ2n) is 21.4. The molecule has 0 spiro atoms. The van der Waals surface area contributed by atoms with Crippen LogP contribution >= 0.6 is 0 Å². The topological polar surface area (TPSA) is 32.8 Å². The Bertz CT molecular complexity index is 3080. The molecular formula is C57H59BN2O2. The van der Waals surface area contributed by atoms with Crippen LogP contribution in [0.15, 0.2) is 112 Å². The Balaban J connectivity index is 1.30. The van der Waals surface area contributed by atoms with Crippen LogP contribution in [0.4, 0.5) is 34.1 Å². The van der Waals surface area contributed by atoms with Crippen LogP contribution in [0.25, 0.3) is 33.3 Å². The van der Waals surface area contributed by atoms with Gasteiger partial charge in [-0.25, -0.2) is 0 Å². The highest BCUT2D eigenvalue weighted by atomic mass is 16.3. The van der Waals surface area contributed by atoms with E-state index in [1.807, 2.05) is 12.1 Å². The number of hydrogen-bond acceptors (Lipinski definition) is 4. The van der Waals surface area contributed by atoms with Crippen molar-refractivity contribution >= 4 is 79.4 Å². The van der Waals surface area contributed by atoms with E-state index < -0.39 is 0 Å². The zero-order valence-corrected chi connectivity index (χ0v) is 39.1. The van der Waals surface area contributed by atoms with Crippen LogP contribution < -0.4 is 26.4 Å². The van der Waals surface area contributed by atoms with Gasteiger partial charge in [-0.3, -0.25) is 0 Å². The Morgan fingerprint density at radius 2 is 1.03 bits per heavy atom. The lowest BCUT2D eigenvalue weighted by molar-refractivity contribution is 0.589. The molecular weight excluding hydrogens is 755 g/mol. The van der Waals surface area contributed by atoms with E-state index in [-0.39, 0.29) is 23.0 Å². The predicted octanol–water partition coefficient (Wildman–Crippen LogP) is 14.4. The summed E-state index contributed by atoms with van der Waals surface area (Å²) in [5.41, 5.74) is 23.6.